The van der Waals surface area contributed by atoms with Crippen LogP contribution in [-0.4, -0.2) is 13.1 Å². The Bertz CT molecular complexity index is 256. The summed E-state index contributed by atoms with van der Waals surface area (Å²) < 4.78 is 4.71. The van der Waals surface area contributed by atoms with Crippen LogP contribution in [0, 0.1) is 0 Å². The van der Waals surface area contributed by atoms with Gasteiger partial charge in [0.1, 0.15) is 0 Å². The van der Waals surface area contributed by atoms with Gasteiger partial charge < -0.3 is 4.74 Å². The van der Waals surface area contributed by atoms with Gasteiger partial charge in [0.25, 0.3) is 6.47 Å². The highest BCUT2D eigenvalue weighted by Gasteiger charge is 2.08. The van der Waals surface area contributed by atoms with Crippen LogP contribution in [0.25, 0.3) is 0 Å². The maximum absolute atomic E-state index is 9.99. The average Bonchev–Trinajstić information content (AvgIpc) is 2.26. The highest BCUT2D eigenvalue weighted by Crippen LogP contribution is 2.22. The quantitative estimate of drug-likeness (QED) is 0.511. The second-order valence-corrected chi connectivity index (χ2v) is 3.27. The van der Waals surface area contributed by atoms with E-state index in [0.717, 1.165) is 12.8 Å². The van der Waals surface area contributed by atoms with Crippen LogP contribution in [0.2, 0.25) is 0 Å². The largest absolute Gasteiger partial charge is 0.468 e. The molecule has 0 aromatic heterocycles. The first-order valence-electron chi connectivity index (χ1n) is 4.98. The van der Waals surface area contributed by atoms with Gasteiger partial charge in [-0.25, -0.2) is 0 Å². The molecular weight excluding hydrogens is 176 g/mol. The first-order chi connectivity index (χ1) is 6.88. The molecule has 76 valence electrons. The summed E-state index contributed by atoms with van der Waals surface area (Å²) in [5.41, 5.74) is 1.32. The van der Waals surface area contributed by atoms with Crippen molar-refractivity contribution in [3.63, 3.8) is 0 Å². The summed E-state index contributed by atoms with van der Waals surface area (Å²) in [7, 11) is 0. The fraction of sp³-hybridized carbons (Fsp3) is 0.417. The summed E-state index contributed by atoms with van der Waals surface area (Å²) in [6, 6.07) is 10.3. The molecule has 0 fully saturated rings. The first kappa shape index (κ1) is 10.8. The molecule has 1 atom stereocenters. The van der Waals surface area contributed by atoms with E-state index in [9.17, 15) is 4.79 Å². The summed E-state index contributed by atoms with van der Waals surface area (Å²) in [6.45, 7) is 3.17. The maximum atomic E-state index is 9.99. The van der Waals surface area contributed by atoms with Gasteiger partial charge in [0.05, 0.1) is 6.61 Å². The third kappa shape index (κ3) is 3.21. The van der Waals surface area contributed by atoms with E-state index in [1.54, 1.807) is 0 Å². The van der Waals surface area contributed by atoms with Crippen molar-refractivity contribution in [1.29, 1.82) is 0 Å². The van der Waals surface area contributed by atoms with Gasteiger partial charge in [-0.2, -0.15) is 0 Å². The van der Waals surface area contributed by atoms with Gasteiger partial charge in [-0.05, 0) is 24.3 Å². The van der Waals surface area contributed by atoms with Crippen LogP contribution in [0.3, 0.4) is 0 Å². The second-order valence-electron chi connectivity index (χ2n) is 3.27. The molecule has 0 saturated carbocycles. The Hall–Kier alpha value is -1.31. The Morgan fingerprint density at radius 1 is 1.36 bits per heavy atom. The number of hydrogen-bond acceptors (Lipinski definition) is 2. The number of rotatable bonds is 6. The Morgan fingerprint density at radius 3 is 2.64 bits per heavy atom. The Labute approximate surface area is 84.9 Å². The molecule has 0 spiro atoms. The van der Waals surface area contributed by atoms with Crippen molar-refractivity contribution in [3.8, 4) is 0 Å². The molecule has 0 bridgehead atoms. The van der Waals surface area contributed by atoms with E-state index in [0.29, 0.717) is 19.0 Å². The zero-order valence-corrected chi connectivity index (χ0v) is 8.48. The predicted molar refractivity (Wildman–Crippen MR) is 56.1 cm³/mol. The normalized spacial score (nSPS) is 12.1. The standard InChI is InChI=1S/C12H16O2/c1-2-11(8-9-14-10-13)12-6-4-3-5-7-12/h3-7,10-11H,2,8-9H2,1H3. The van der Waals surface area contributed by atoms with Crippen molar-refractivity contribution in [2.75, 3.05) is 6.61 Å². The lowest BCUT2D eigenvalue weighted by atomic mass is 9.94. The summed E-state index contributed by atoms with van der Waals surface area (Å²) in [6.07, 6.45) is 1.98. The van der Waals surface area contributed by atoms with E-state index in [4.69, 9.17) is 4.74 Å². The van der Waals surface area contributed by atoms with Gasteiger partial charge in [0, 0.05) is 0 Å². The van der Waals surface area contributed by atoms with E-state index < -0.39 is 0 Å². The lowest BCUT2D eigenvalue weighted by Gasteiger charge is -2.14. The monoisotopic (exact) mass is 192 g/mol. The summed E-state index contributed by atoms with van der Waals surface area (Å²) in [5.74, 6) is 0.496. The average molecular weight is 192 g/mol. The molecule has 1 rings (SSSR count). The van der Waals surface area contributed by atoms with Crippen LogP contribution >= 0.6 is 0 Å². The SMILES string of the molecule is CCC(CCOC=O)c1ccccc1. The van der Waals surface area contributed by atoms with E-state index in [2.05, 4.69) is 19.1 Å². The minimum atomic E-state index is 0.496. The predicted octanol–water partition coefficient (Wildman–Crippen LogP) is 2.74. The molecule has 1 aromatic carbocycles. The lowest BCUT2D eigenvalue weighted by molar-refractivity contribution is -0.128. The second kappa shape index (κ2) is 6.19. The minimum absolute atomic E-state index is 0.496. The molecule has 1 aromatic rings. The lowest BCUT2D eigenvalue weighted by Crippen LogP contribution is -2.02. The van der Waals surface area contributed by atoms with Crippen molar-refractivity contribution >= 4 is 6.47 Å². The van der Waals surface area contributed by atoms with Crippen LogP contribution in [0.4, 0.5) is 0 Å². The van der Waals surface area contributed by atoms with Crippen molar-refractivity contribution in [2.45, 2.75) is 25.7 Å². The zero-order valence-electron chi connectivity index (χ0n) is 8.48. The number of ether oxygens (including phenoxy) is 1. The van der Waals surface area contributed by atoms with E-state index in [1.807, 2.05) is 18.2 Å². The first-order valence-corrected chi connectivity index (χ1v) is 4.98. The Morgan fingerprint density at radius 2 is 2.07 bits per heavy atom. The van der Waals surface area contributed by atoms with Gasteiger partial charge in [-0.3, -0.25) is 4.79 Å². The molecule has 0 saturated heterocycles. The van der Waals surface area contributed by atoms with Crippen molar-refractivity contribution in [3.05, 3.63) is 35.9 Å². The number of carbonyl (C=O) groups is 1. The number of carbonyl (C=O) groups excluding carboxylic acids is 1. The van der Waals surface area contributed by atoms with Gasteiger partial charge in [-0.1, -0.05) is 37.3 Å². The molecule has 0 radical (unpaired) electrons. The molecule has 0 aliphatic rings. The molecule has 0 amide bonds. The van der Waals surface area contributed by atoms with Gasteiger partial charge in [0.2, 0.25) is 0 Å². The summed E-state index contributed by atoms with van der Waals surface area (Å²) in [4.78, 5) is 9.99. The van der Waals surface area contributed by atoms with E-state index in [1.165, 1.54) is 5.56 Å². The van der Waals surface area contributed by atoms with Crippen LogP contribution < -0.4 is 0 Å². The van der Waals surface area contributed by atoms with E-state index in [-0.39, 0.29) is 0 Å². The molecule has 2 heteroatoms. The number of benzene rings is 1. The summed E-state index contributed by atoms with van der Waals surface area (Å²) >= 11 is 0. The third-order valence-electron chi connectivity index (χ3n) is 2.42. The minimum Gasteiger partial charge on any atom is -0.468 e. The van der Waals surface area contributed by atoms with Crippen LogP contribution in [-0.2, 0) is 9.53 Å². The molecule has 0 aliphatic carbocycles. The highest BCUT2D eigenvalue weighted by atomic mass is 16.5. The third-order valence-corrected chi connectivity index (χ3v) is 2.42. The Balaban J connectivity index is 2.50. The van der Waals surface area contributed by atoms with Gasteiger partial charge in [-0.15, -0.1) is 0 Å². The Kier molecular flexibility index (Phi) is 4.76. The number of hydrogen-bond donors (Lipinski definition) is 0. The fourth-order valence-corrected chi connectivity index (χ4v) is 1.59. The molecule has 0 heterocycles. The van der Waals surface area contributed by atoms with Crippen molar-refractivity contribution < 1.29 is 9.53 Å². The van der Waals surface area contributed by atoms with Crippen LogP contribution in [0.1, 0.15) is 31.2 Å². The van der Waals surface area contributed by atoms with E-state index >= 15 is 0 Å². The van der Waals surface area contributed by atoms with Crippen LogP contribution in [0.5, 0.6) is 0 Å². The van der Waals surface area contributed by atoms with Crippen molar-refractivity contribution in [1.82, 2.24) is 0 Å². The van der Waals surface area contributed by atoms with Crippen molar-refractivity contribution in [2.24, 2.45) is 0 Å². The molecule has 0 aliphatic heterocycles. The maximum Gasteiger partial charge on any atom is 0.293 e. The van der Waals surface area contributed by atoms with Gasteiger partial charge >= 0.3 is 0 Å². The summed E-state index contributed by atoms with van der Waals surface area (Å²) in [5, 5.41) is 0. The molecule has 1 unspecified atom stereocenters. The topological polar surface area (TPSA) is 26.3 Å². The van der Waals surface area contributed by atoms with Gasteiger partial charge in [0.15, 0.2) is 0 Å². The molecule has 0 N–H and O–H groups in total. The smallest absolute Gasteiger partial charge is 0.293 e. The molecule has 2 nitrogen and oxygen atoms in total. The zero-order chi connectivity index (χ0) is 10.2. The fourth-order valence-electron chi connectivity index (χ4n) is 1.59. The molecule has 14 heavy (non-hydrogen) atoms. The molecular formula is C12H16O2. The van der Waals surface area contributed by atoms with Crippen LogP contribution in [0.15, 0.2) is 30.3 Å². The highest BCUT2D eigenvalue weighted by molar-refractivity contribution is 5.36.